The minimum absolute atomic E-state index is 0.778. The van der Waals surface area contributed by atoms with Crippen molar-refractivity contribution in [3.63, 3.8) is 0 Å². The average Bonchev–Trinajstić information content (AvgIpc) is 1.27. The summed E-state index contributed by atoms with van der Waals surface area (Å²) in [6.45, 7) is 0. The topological polar surface area (TPSA) is 74.6 Å². The quantitative estimate of drug-likeness (QED) is 0.406. The van der Waals surface area contributed by atoms with E-state index in [4.69, 9.17) is 17.5 Å². The fraction of sp³-hybridized carbons (Fsp3) is 1.00. The third-order valence-corrected chi connectivity index (χ3v) is 0. The van der Waals surface area contributed by atoms with Crippen LogP contribution in [0.4, 0.5) is 4.39 Å². The highest BCUT2D eigenvalue weighted by Crippen LogP contribution is 1.65. The molecule has 0 rings (SSSR count). The van der Waals surface area contributed by atoms with Gasteiger partial charge in [0.05, 0.1) is 0 Å². The summed E-state index contributed by atoms with van der Waals surface area (Å²) >= 11 is 4.33. The predicted molar refractivity (Wildman–Crippen MR) is 26.0 cm³/mol. The molecule has 52 valence electrons. The molecule has 0 aliphatic rings. The molecule has 0 aromatic heterocycles. The van der Waals surface area contributed by atoms with Gasteiger partial charge in [0.2, 0.25) is 0 Å². The van der Waals surface area contributed by atoms with E-state index in [1.165, 1.54) is 0 Å². The summed E-state index contributed by atoms with van der Waals surface area (Å²) in [7, 11) is -4.67. The van der Waals surface area contributed by atoms with Crippen molar-refractivity contribution in [1.82, 2.24) is 0 Å². The van der Waals surface area contributed by atoms with Crippen LogP contribution in [-0.4, -0.2) is 23.7 Å². The van der Waals surface area contributed by atoms with Gasteiger partial charge >= 0.3 is 10.4 Å². The van der Waals surface area contributed by atoms with Crippen LogP contribution in [0.1, 0.15) is 0 Å². The Kier molecular flexibility index (Phi) is 7.17. The molecular formula is CH4ClFO4S. The molecule has 0 amide bonds. The zero-order valence-corrected chi connectivity index (χ0v) is 5.15. The van der Waals surface area contributed by atoms with Gasteiger partial charge in [-0.25, -0.2) is 4.39 Å². The number of halogens is 2. The highest BCUT2D eigenvalue weighted by atomic mass is 35.5. The van der Waals surface area contributed by atoms with Crippen molar-refractivity contribution in [3.8, 4) is 0 Å². The van der Waals surface area contributed by atoms with E-state index < -0.39 is 16.5 Å². The largest absolute Gasteiger partial charge is 0.394 e. The molecule has 8 heavy (non-hydrogen) atoms. The number of hydrogen-bond acceptors (Lipinski definition) is 2. The van der Waals surface area contributed by atoms with Gasteiger partial charge in [-0.3, -0.25) is 9.11 Å². The van der Waals surface area contributed by atoms with E-state index in [0.29, 0.717) is 0 Å². The molecule has 7 heteroatoms. The summed E-state index contributed by atoms with van der Waals surface area (Å²) in [5.41, 5.74) is 0. The molecule has 0 saturated heterocycles. The monoisotopic (exact) mass is 166 g/mol. The SMILES string of the molecule is FCCl.O=S(=O)(O)O. The van der Waals surface area contributed by atoms with Crippen molar-refractivity contribution in [2.75, 3.05) is 6.13 Å². The van der Waals surface area contributed by atoms with E-state index in [-0.39, 0.29) is 0 Å². The Morgan fingerprint density at radius 3 is 1.50 bits per heavy atom. The first-order valence-corrected chi connectivity index (χ1v) is 3.16. The molecule has 2 N–H and O–H groups in total. The van der Waals surface area contributed by atoms with Gasteiger partial charge in [0.15, 0.2) is 6.13 Å². The van der Waals surface area contributed by atoms with Gasteiger partial charge in [0.1, 0.15) is 0 Å². The number of rotatable bonds is 0. The first-order chi connectivity index (χ1) is 3.41. The molecule has 0 bridgehead atoms. The summed E-state index contributed by atoms with van der Waals surface area (Å²) < 4.78 is 41.6. The Hall–Kier alpha value is 0.0900. The maximum Gasteiger partial charge on any atom is 0.394 e. The second-order valence-electron chi connectivity index (χ2n) is 0.549. The Labute approximate surface area is 50.8 Å². The molecule has 0 saturated carbocycles. The standard InChI is InChI=1S/CH2ClF.H2O4S/c2-1-3;1-5(2,3)4/h1H2;(H2,1,2,3,4). The summed E-state index contributed by atoms with van der Waals surface area (Å²) in [6, 6.07) is 0. The predicted octanol–water partition coefficient (Wildman–Crippen LogP) is 0.499. The van der Waals surface area contributed by atoms with Crippen LogP contribution in [0, 0.1) is 0 Å². The summed E-state index contributed by atoms with van der Waals surface area (Å²) in [4.78, 5) is 0. The second kappa shape index (κ2) is 5.23. The molecule has 0 aromatic rings. The lowest BCUT2D eigenvalue weighted by Crippen LogP contribution is -1.89. The molecule has 0 aromatic carbocycles. The van der Waals surface area contributed by atoms with Crippen LogP contribution < -0.4 is 0 Å². The Morgan fingerprint density at radius 1 is 1.50 bits per heavy atom. The zero-order valence-electron chi connectivity index (χ0n) is 3.58. The third kappa shape index (κ3) is 19500. The zero-order chi connectivity index (χ0) is 7.21. The molecule has 0 aliphatic heterocycles. The van der Waals surface area contributed by atoms with Gasteiger partial charge in [-0.05, 0) is 0 Å². The molecule has 4 nitrogen and oxygen atoms in total. The number of alkyl halides is 2. The fourth-order valence-corrected chi connectivity index (χ4v) is 0. The van der Waals surface area contributed by atoms with Crippen LogP contribution in [0.5, 0.6) is 0 Å². The van der Waals surface area contributed by atoms with Crippen molar-refractivity contribution < 1.29 is 21.9 Å². The lowest BCUT2D eigenvalue weighted by molar-refractivity contribution is 0.381. The first kappa shape index (κ1) is 11.0. The lowest BCUT2D eigenvalue weighted by atomic mass is 11.8. The van der Waals surface area contributed by atoms with Crippen LogP contribution in [-0.2, 0) is 10.4 Å². The minimum Gasteiger partial charge on any atom is -0.264 e. The van der Waals surface area contributed by atoms with Crippen molar-refractivity contribution >= 4 is 22.0 Å². The van der Waals surface area contributed by atoms with Crippen LogP contribution in [0.3, 0.4) is 0 Å². The van der Waals surface area contributed by atoms with Gasteiger partial charge in [0.25, 0.3) is 0 Å². The molecule has 0 aliphatic carbocycles. The van der Waals surface area contributed by atoms with Gasteiger partial charge in [0, 0.05) is 0 Å². The van der Waals surface area contributed by atoms with Crippen LogP contribution in [0.15, 0.2) is 0 Å². The summed E-state index contributed by atoms with van der Waals surface area (Å²) in [6.07, 6.45) is -0.778. The van der Waals surface area contributed by atoms with E-state index in [1.54, 1.807) is 0 Å². The maximum atomic E-state index is 10.1. The Bertz CT molecular complexity index is 110. The van der Waals surface area contributed by atoms with E-state index >= 15 is 0 Å². The van der Waals surface area contributed by atoms with E-state index in [0.717, 1.165) is 0 Å². The van der Waals surface area contributed by atoms with Gasteiger partial charge in [-0.15, -0.1) is 0 Å². The van der Waals surface area contributed by atoms with Gasteiger partial charge in [-0.1, -0.05) is 11.6 Å². The van der Waals surface area contributed by atoms with E-state index in [1.807, 2.05) is 0 Å². The molecule has 0 unspecified atom stereocenters. The Morgan fingerprint density at radius 2 is 1.50 bits per heavy atom. The molecule has 0 atom stereocenters. The van der Waals surface area contributed by atoms with E-state index in [2.05, 4.69) is 11.6 Å². The van der Waals surface area contributed by atoms with Crippen molar-refractivity contribution in [2.24, 2.45) is 0 Å². The third-order valence-electron chi connectivity index (χ3n) is 0. The fourth-order valence-electron chi connectivity index (χ4n) is 0. The minimum atomic E-state index is -4.67. The van der Waals surface area contributed by atoms with Crippen LogP contribution >= 0.6 is 11.6 Å². The average molecular weight is 167 g/mol. The van der Waals surface area contributed by atoms with Crippen molar-refractivity contribution in [2.45, 2.75) is 0 Å². The highest BCUT2D eigenvalue weighted by molar-refractivity contribution is 7.79. The second-order valence-corrected chi connectivity index (χ2v) is 1.65. The van der Waals surface area contributed by atoms with Gasteiger partial charge in [-0.2, -0.15) is 8.42 Å². The van der Waals surface area contributed by atoms with Crippen molar-refractivity contribution in [1.29, 1.82) is 0 Å². The van der Waals surface area contributed by atoms with Crippen molar-refractivity contribution in [3.05, 3.63) is 0 Å². The molecule has 0 radical (unpaired) electrons. The molecule has 0 spiro atoms. The first-order valence-electron chi connectivity index (χ1n) is 1.23. The molecule has 0 fully saturated rings. The van der Waals surface area contributed by atoms with Crippen LogP contribution in [0.25, 0.3) is 0 Å². The van der Waals surface area contributed by atoms with Crippen LogP contribution in [0.2, 0.25) is 0 Å². The normalized spacial score (nSPS) is 9.50. The Balaban J connectivity index is 0. The lowest BCUT2D eigenvalue weighted by Gasteiger charge is -1.68. The van der Waals surface area contributed by atoms with E-state index in [9.17, 15) is 4.39 Å². The summed E-state index contributed by atoms with van der Waals surface area (Å²) in [5.74, 6) is 0. The maximum absolute atomic E-state index is 10.1. The smallest absolute Gasteiger partial charge is 0.264 e. The van der Waals surface area contributed by atoms with Gasteiger partial charge < -0.3 is 0 Å². The highest BCUT2D eigenvalue weighted by Gasteiger charge is 1.84. The number of hydrogen-bond donors (Lipinski definition) is 2. The molecular weight excluding hydrogens is 163 g/mol. The summed E-state index contributed by atoms with van der Waals surface area (Å²) in [5, 5.41) is 0. The molecule has 0 heterocycles.